The van der Waals surface area contributed by atoms with Crippen LogP contribution >= 0.6 is 0 Å². The van der Waals surface area contributed by atoms with E-state index in [-0.39, 0.29) is 11.9 Å². The van der Waals surface area contributed by atoms with Crippen LogP contribution in [-0.4, -0.2) is 29.0 Å². The fourth-order valence-electron chi connectivity index (χ4n) is 3.41. The molecule has 1 amide bonds. The van der Waals surface area contributed by atoms with Crippen LogP contribution in [0.2, 0.25) is 0 Å². The largest absolute Gasteiger partial charge is 0.346 e. The Balaban J connectivity index is 1.65. The number of nitrogens with one attached hydrogen (secondary N) is 3. The summed E-state index contributed by atoms with van der Waals surface area (Å²) in [5, 5.41) is 6.55. The van der Waals surface area contributed by atoms with Crippen molar-refractivity contribution in [3.05, 3.63) is 30.1 Å². The molecule has 2 unspecified atom stereocenters. The number of hydrogen-bond donors (Lipinski definition) is 3. The molecule has 2 atom stereocenters. The molecule has 130 valence electrons. The van der Waals surface area contributed by atoms with Gasteiger partial charge >= 0.3 is 0 Å². The molecule has 1 aliphatic heterocycles. The summed E-state index contributed by atoms with van der Waals surface area (Å²) in [6, 6.07) is 7.95. The number of nitrogens with zero attached hydrogens (tertiary/aromatic N) is 1. The summed E-state index contributed by atoms with van der Waals surface area (Å²) < 4.78 is 0. The van der Waals surface area contributed by atoms with Crippen molar-refractivity contribution in [1.82, 2.24) is 20.6 Å². The van der Waals surface area contributed by atoms with Gasteiger partial charge in [0.25, 0.3) is 0 Å². The van der Waals surface area contributed by atoms with Gasteiger partial charge in [-0.05, 0) is 56.3 Å². The monoisotopic (exact) mass is 328 g/mol. The van der Waals surface area contributed by atoms with Crippen molar-refractivity contribution in [1.29, 1.82) is 0 Å². The van der Waals surface area contributed by atoms with E-state index < -0.39 is 0 Å². The number of aromatic amines is 1. The van der Waals surface area contributed by atoms with E-state index in [0.29, 0.717) is 18.3 Å². The van der Waals surface area contributed by atoms with Gasteiger partial charge in [-0.1, -0.05) is 26.0 Å². The first kappa shape index (κ1) is 17.0. The number of carbonyl (C=O) groups is 1. The Bertz CT molecular complexity index is 640. The summed E-state index contributed by atoms with van der Waals surface area (Å²) >= 11 is 0. The van der Waals surface area contributed by atoms with Crippen molar-refractivity contribution in [2.24, 2.45) is 11.8 Å². The highest BCUT2D eigenvalue weighted by molar-refractivity contribution is 5.77. The van der Waals surface area contributed by atoms with E-state index in [4.69, 9.17) is 0 Å². The third kappa shape index (κ3) is 4.35. The Morgan fingerprint density at radius 3 is 2.92 bits per heavy atom. The van der Waals surface area contributed by atoms with Gasteiger partial charge in [-0.2, -0.15) is 0 Å². The second kappa shape index (κ2) is 7.79. The summed E-state index contributed by atoms with van der Waals surface area (Å²) in [5.41, 5.74) is 1.97. The molecule has 1 fully saturated rings. The van der Waals surface area contributed by atoms with Crippen molar-refractivity contribution in [3.63, 3.8) is 0 Å². The lowest BCUT2D eigenvalue weighted by atomic mass is 10.0. The molecule has 0 radical (unpaired) electrons. The molecule has 0 bridgehead atoms. The van der Waals surface area contributed by atoms with E-state index >= 15 is 0 Å². The van der Waals surface area contributed by atoms with Crippen LogP contribution in [0.5, 0.6) is 0 Å². The first-order valence-corrected chi connectivity index (χ1v) is 9.06. The molecular formula is C19H28N4O. The molecule has 1 aliphatic rings. The van der Waals surface area contributed by atoms with Gasteiger partial charge in [-0.15, -0.1) is 0 Å². The topological polar surface area (TPSA) is 69.8 Å². The van der Waals surface area contributed by atoms with Crippen molar-refractivity contribution >= 4 is 16.9 Å². The number of H-pyrrole nitrogens is 1. The maximum absolute atomic E-state index is 12.4. The number of rotatable bonds is 7. The lowest BCUT2D eigenvalue weighted by Gasteiger charge is -2.19. The van der Waals surface area contributed by atoms with Gasteiger partial charge in [0.15, 0.2) is 0 Å². The minimum absolute atomic E-state index is 0.0494. The van der Waals surface area contributed by atoms with Gasteiger partial charge in [0.2, 0.25) is 5.91 Å². The van der Waals surface area contributed by atoms with Gasteiger partial charge in [0.05, 0.1) is 17.1 Å². The van der Waals surface area contributed by atoms with Crippen LogP contribution in [0, 0.1) is 11.8 Å². The van der Waals surface area contributed by atoms with Crippen LogP contribution in [-0.2, 0) is 4.79 Å². The molecule has 0 aliphatic carbocycles. The zero-order valence-electron chi connectivity index (χ0n) is 14.6. The normalized spacial score (nSPS) is 19.0. The number of amides is 1. The highest BCUT2D eigenvalue weighted by atomic mass is 16.1. The van der Waals surface area contributed by atoms with Crippen LogP contribution < -0.4 is 10.6 Å². The minimum atomic E-state index is -0.0494. The standard InChI is InChI=1S/C19H28N4O/c1-13(2)11-17(19-22-15-5-3-4-6-16(15)23-19)21-18(24)8-7-14-9-10-20-12-14/h3-6,13-14,17,20H,7-12H2,1-2H3,(H,21,24)(H,22,23). The molecule has 1 saturated heterocycles. The van der Waals surface area contributed by atoms with Crippen LogP contribution in [0.4, 0.5) is 0 Å². The predicted molar refractivity (Wildman–Crippen MR) is 96.6 cm³/mol. The minimum Gasteiger partial charge on any atom is -0.346 e. The second-order valence-corrected chi connectivity index (χ2v) is 7.29. The smallest absolute Gasteiger partial charge is 0.220 e. The van der Waals surface area contributed by atoms with Crippen LogP contribution in [0.1, 0.15) is 51.4 Å². The molecule has 24 heavy (non-hydrogen) atoms. The van der Waals surface area contributed by atoms with Crippen molar-refractivity contribution in [2.75, 3.05) is 13.1 Å². The van der Waals surface area contributed by atoms with Crippen molar-refractivity contribution in [3.8, 4) is 0 Å². The Morgan fingerprint density at radius 2 is 2.21 bits per heavy atom. The van der Waals surface area contributed by atoms with Crippen molar-refractivity contribution in [2.45, 2.75) is 45.6 Å². The quantitative estimate of drug-likeness (QED) is 0.731. The molecule has 5 heteroatoms. The zero-order chi connectivity index (χ0) is 16.9. The number of carbonyl (C=O) groups excluding carboxylic acids is 1. The predicted octanol–water partition coefficient (Wildman–Crippen LogP) is 3.16. The third-order valence-electron chi connectivity index (χ3n) is 4.72. The molecule has 1 aromatic heterocycles. The van der Waals surface area contributed by atoms with Gasteiger partial charge < -0.3 is 15.6 Å². The lowest BCUT2D eigenvalue weighted by molar-refractivity contribution is -0.122. The molecule has 2 heterocycles. The summed E-state index contributed by atoms with van der Waals surface area (Å²) in [7, 11) is 0. The first-order valence-electron chi connectivity index (χ1n) is 9.06. The fourth-order valence-corrected chi connectivity index (χ4v) is 3.41. The van der Waals surface area contributed by atoms with E-state index in [9.17, 15) is 4.79 Å². The molecular weight excluding hydrogens is 300 g/mol. The number of benzene rings is 1. The second-order valence-electron chi connectivity index (χ2n) is 7.29. The average Bonchev–Trinajstić information content (AvgIpc) is 3.21. The first-order chi connectivity index (χ1) is 11.6. The van der Waals surface area contributed by atoms with Gasteiger partial charge in [0, 0.05) is 6.42 Å². The van der Waals surface area contributed by atoms with Gasteiger partial charge in [-0.25, -0.2) is 4.98 Å². The van der Waals surface area contributed by atoms with E-state index in [1.165, 1.54) is 6.42 Å². The van der Waals surface area contributed by atoms with Crippen LogP contribution in [0.15, 0.2) is 24.3 Å². The molecule has 5 nitrogen and oxygen atoms in total. The van der Waals surface area contributed by atoms with Gasteiger partial charge in [0.1, 0.15) is 5.82 Å². The number of hydrogen-bond acceptors (Lipinski definition) is 3. The Hall–Kier alpha value is -1.88. The molecule has 3 rings (SSSR count). The molecule has 3 N–H and O–H groups in total. The van der Waals surface area contributed by atoms with E-state index in [1.807, 2.05) is 24.3 Å². The number of aromatic nitrogens is 2. The van der Waals surface area contributed by atoms with E-state index in [0.717, 1.165) is 42.8 Å². The Kier molecular flexibility index (Phi) is 5.51. The average molecular weight is 328 g/mol. The number of fused-ring (bicyclic) bond motifs is 1. The molecule has 0 spiro atoms. The highest BCUT2D eigenvalue weighted by Crippen LogP contribution is 2.22. The highest BCUT2D eigenvalue weighted by Gasteiger charge is 2.21. The third-order valence-corrected chi connectivity index (χ3v) is 4.72. The van der Waals surface area contributed by atoms with E-state index in [1.54, 1.807) is 0 Å². The van der Waals surface area contributed by atoms with E-state index in [2.05, 4.69) is 34.4 Å². The molecule has 2 aromatic rings. The summed E-state index contributed by atoms with van der Waals surface area (Å²) in [5.74, 6) is 2.13. The SMILES string of the molecule is CC(C)CC(NC(=O)CCC1CCNC1)c1nc2ccccc2[nH]1. The Labute approximate surface area is 143 Å². The summed E-state index contributed by atoms with van der Waals surface area (Å²) in [6.45, 7) is 6.48. The fraction of sp³-hybridized carbons (Fsp3) is 0.579. The maximum atomic E-state index is 12.4. The van der Waals surface area contributed by atoms with Crippen LogP contribution in [0.25, 0.3) is 11.0 Å². The van der Waals surface area contributed by atoms with Gasteiger partial charge in [-0.3, -0.25) is 4.79 Å². The summed E-state index contributed by atoms with van der Waals surface area (Å²) in [4.78, 5) is 20.5. The van der Waals surface area contributed by atoms with Crippen molar-refractivity contribution < 1.29 is 4.79 Å². The Morgan fingerprint density at radius 1 is 1.38 bits per heavy atom. The number of imidazole rings is 1. The lowest BCUT2D eigenvalue weighted by Crippen LogP contribution is -2.30. The summed E-state index contributed by atoms with van der Waals surface area (Å²) in [6.07, 6.45) is 3.64. The zero-order valence-corrected chi connectivity index (χ0v) is 14.6. The number of para-hydroxylation sites is 2. The maximum Gasteiger partial charge on any atom is 0.220 e. The molecule has 0 saturated carbocycles. The molecule has 1 aromatic carbocycles. The van der Waals surface area contributed by atoms with Crippen LogP contribution in [0.3, 0.4) is 0 Å².